The van der Waals surface area contributed by atoms with Crippen LogP contribution in [0.3, 0.4) is 0 Å². The highest BCUT2D eigenvalue weighted by Crippen LogP contribution is 2.31. The number of methoxy groups -OCH3 is 1. The fourth-order valence-corrected chi connectivity index (χ4v) is 3.07. The summed E-state index contributed by atoms with van der Waals surface area (Å²) in [7, 11) is 1.38. The van der Waals surface area contributed by atoms with E-state index in [1.807, 2.05) is 0 Å². The molecule has 0 fully saturated rings. The van der Waals surface area contributed by atoms with E-state index < -0.39 is 34.8 Å². The van der Waals surface area contributed by atoms with Gasteiger partial charge in [0.05, 0.1) is 18.2 Å². The van der Waals surface area contributed by atoms with Crippen molar-refractivity contribution in [3.8, 4) is 16.9 Å². The van der Waals surface area contributed by atoms with Crippen molar-refractivity contribution in [3.05, 3.63) is 88.5 Å². The number of rotatable bonds is 6. The monoisotopic (exact) mass is 449 g/mol. The summed E-state index contributed by atoms with van der Waals surface area (Å²) < 4.78 is 71.6. The first-order chi connectivity index (χ1) is 15.1. The molecule has 0 heterocycles. The molecular formula is C23H16F5NO3. The van der Waals surface area contributed by atoms with Crippen LogP contribution in [0.5, 0.6) is 5.75 Å². The number of carbonyl (C=O) groups is 2. The first-order valence-electron chi connectivity index (χ1n) is 9.21. The Morgan fingerprint density at radius 3 is 2.38 bits per heavy atom. The zero-order valence-electron chi connectivity index (χ0n) is 16.6. The van der Waals surface area contributed by atoms with E-state index in [0.717, 1.165) is 12.1 Å². The second-order valence-electron chi connectivity index (χ2n) is 6.76. The van der Waals surface area contributed by atoms with E-state index in [2.05, 4.69) is 5.32 Å². The van der Waals surface area contributed by atoms with Crippen molar-refractivity contribution < 1.29 is 36.3 Å². The molecule has 0 saturated heterocycles. The predicted octanol–water partition coefficient (Wildman–Crippen LogP) is 5.40. The van der Waals surface area contributed by atoms with Gasteiger partial charge in [-0.15, -0.1) is 0 Å². The van der Waals surface area contributed by atoms with Crippen LogP contribution in [0, 0.1) is 11.6 Å². The van der Waals surface area contributed by atoms with E-state index in [-0.39, 0.29) is 23.7 Å². The van der Waals surface area contributed by atoms with Gasteiger partial charge in [-0.2, -0.15) is 13.2 Å². The highest BCUT2D eigenvalue weighted by molar-refractivity contribution is 5.94. The summed E-state index contributed by atoms with van der Waals surface area (Å²) >= 11 is 0. The first-order valence-corrected chi connectivity index (χ1v) is 9.21. The molecule has 0 aromatic heterocycles. The predicted molar refractivity (Wildman–Crippen MR) is 106 cm³/mol. The number of carbonyl (C=O) groups excluding carboxylic acids is 2. The molecule has 0 bridgehead atoms. The quantitative estimate of drug-likeness (QED) is 0.405. The Balaban J connectivity index is 1.85. The Labute approximate surface area is 179 Å². The van der Waals surface area contributed by atoms with Crippen molar-refractivity contribution >= 4 is 12.2 Å². The van der Waals surface area contributed by atoms with Gasteiger partial charge in [-0.3, -0.25) is 9.59 Å². The number of aldehydes is 1. The molecule has 0 aliphatic rings. The topological polar surface area (TPSA) is 55.4 Å². The molecule has 0 spiro atoms. The number of alkyl halides is 3. The summed E-state index contributed by atoms with van der Waals surface area (Å²) in [5, 5.41) is 2.41. The Bertz CT molecular complexity index is 1170. The van der Waals surface area contributed by atoms with Crippen molar-refractivity contribution in [2.75, 3.05) is 7.11 Å². The van der Waals surface area contributed by atoms with Crippen LogP contribution in [0.2, 0.25) is 0 Å². The zero-order chi connectivity index (χ0) is 23.5. The molecule has 0 atom stereocenters. The number of hydrogen-bond donors (Lipinski definition) is 1. The maximum absolute atomic E-state index is 14.3. The molecule has 0 aliphatic carbocycles. The fraction of sp³-hybridized carbons (Fsp3) is 0.130. The third kappa shape index (κ3) is 4.93. The lowest BCUT2D eigenvalue weighted by molar-refractivity contribution is -0.137. The van der Waals surface area contributed by atoms with Gasteiger partial charge >= 0.3 is 6.18 Å². The van der Waals surface area contributed by atoms with Crippen molar-refractivity contribution in [1.29, 1.82) is 0 Å². The van der Waals surface area contributed by atoms with Crippen molar-refractivity contribution in [3.63, 3.8) is 0 Å². The fourth-order valence-electron chi connectivity index (χ4n) is 3.07. The number of ether oxygens (including phenoxy) is 1. The van der Waals surface area contributed by atoms with Gasteiger partial charge in [-0.1, -0.05) is 6.07 Å². The smallest absolute Gasteiger partial charge is 0.416 e. The molecule has 1 N–H and O–H groups in total. The van der Waals surface area contributed by atoms with Crippen LogP contribution in [-0.4, -0.2) is 19.3 Å². The van der Waals surface area contributed by atoms with E-state index in [1.165, 1.54) is 31.4 Å². The number of amides is 1. The average Bonchev–Trinajstić information content (AvgIpc) is 2.77. The van der Waals surface area contributed by atoms with Crippen LogP contribution in [0.15, 0.2) is 54.6 Å². The van der Waals surface area contributed by atoms with Crippen molar-refractivity contribution in [2.45, 2.75) is 12.7 Å². The van der Waals surface area contributed by atoms with Crippen LogP contribution < -0.4 is 10.1 Å². The molecule has 3 aromatic rings. The van der Waals surface area contributed by atoms with Crippen molar-refractivity contribution in [1.82, 2.24) is 5.32 Å². The van der Waals surface area contributed by atoms with Crippen LogP contribution in [0.25, 0.3) is 11.1 Å². The van der Waals surface area contributed by atoms with E-state index in [4.69, 9.17) is 4.74 Å². The standard InChI is InChI=1S/C23H16F5NO3/c1-32-21-7-3-14(18-8-13(12-30)2-6-19(18)24)9-15(21)11-29-22(31)17-5-4-16(10-20(17)25)23(26,27)28/h2-10,12H,11H2,1H3,(H,29,31). The molecule has 1 amide bonds. The molecule has 9 heteroatoms. The normalized spacial score (nSPS) is 11.2. The lowest BCUT2D eigenvalue weighted by Crippen LogP contribution is -2.24. The minimum absolute atomic E-state index is 0.151. The largest absolute Gasteiger partial charge is 0.496 e. The number of hydrogen-bond acceptors (Lipinski definition) is 3. The van der Waals surface area contributed by atoms with Crippen LogP contribution >= 0.6 is 0 Å². The van der Waals surface area contributed by atoms with Gasteiger partial charge in [0.25, 0.3) is 5.91 Å². The second-order valence-corrected chi connectivity index (χ2v) is 6.76. The summed E-state index contributed by atoms with van der Waals surface area (Å²) in [5.74, 6) is -2.47. The highest BCUT2D eigenvalue weighted by atomic mass is 19.4. The van der Waals surface area contributed by atoms with Gasteiger partial charge in [0.15, 0.2) is 0 Å². The van der Waals surface area contributed by atoms with E-state index in [1.54, 1.807) is 6.07 Å². The Morgan fingerprint density at radius 1 is 1.00 bits per heavy atom. The van der Waals surface area contributed by atoms with Gasteiger partial charge in [0, 0.05) is 23.2 Å². The maximum Gasteiger partial charge on any atom is 0.416 e. The summed E-state index contributed by atoms with van der Waals surface area (Å²) in [5.41, 5.74) is -0.541. The maximum atomic E-state index is 14.3. The lowest BCUT2D eigenvalue weighted by atomic mass is 10.00. The first kappa shape index (κ1) is 22.9. The molecule has 3 rings (SSSR count). The Hall–Kier alpha value is -3.75. The van der Waals surface area contributed by atoms with Gasteiger partial charge in [0.2, 0.25) is 0 Å². The van der Waals surface area contributed by atoms with Crippen molar-refractivity contribution in [2.24, 2.45) is 0 Å². The Kier molecular flexibility index (Phi) is 6.57. The number of halogens is 5. The Morgan fingerprint density at radius 2 is 1.75 bits per heavy atom. The minimum atomic E-state index is -4.74. The molecule has 166 valence electrons. The van der Waals surface area contributed by atoms with Gasteiger partial charge in [-0.05, 0) is 54.1 Å². The average molecular weight is 449 g/mol. The van der Waals surface area contributed by atoms with Crippen LogP contribution in [0.1, 0.15) is 31.8 Å². The zero-order valence-corrected chi connectivity index (χ0v) is 16.6. The molecule has 0 radical (unpaired) electrons. The third-order valence-electron chi connectivity index (χ3n) is 4.70. The van der Waals surface area contributed by atoms with Gasteiger partial charge in [0.1, 0.15) is 23.7 Å². The molecular weight excluding hydrogens is 433 g/mol. The summed E-state index contributed by atoms with van der Waals surface area (Å²) in [6, 6.07) is 10.1. The van der Waals surface area contributed by atoms with Gasteiger partial charge in [-0.25, -0.2) is 8.78 Å². The minimum Gasteiger partial charge on any atom is -0.496 e. The number of nitrogens with one attached hydrogen (secondary N) is 1. The highest BCUT2D eigenvalue weighted by Gasteiger charge is 2.31. The van der Waals surface area contributed by atoms with Crippen LogP contribution in [0.4, 0.5) is 22.0 Å². The van der Waals surface area contributed by atoms with Crippen LogP contribution in [-0.2, 0) is 12.7 Å². The number of benzene rings is 3. The molecule has 0 aliphatic heterocycles. The second kappa shape index (κ2) is 9.17. The molecule has 32 heavy (non-hydrogen) atoms. The summed E-state index contributed by atoms with van der Waals surface area (Å²) in [6.07, 6.45) is -4.16. The SMILES string of the molecule is COc1ccc(-c2cc(C=O)ccc2F)cc1CNC(=O)c1ccc(C(F)(F)F)cc1F. The van der Waals surface area contributed by atoms with Gasteiger partial charge < -0.3 is 10.1 Å². The van der Waals surface area contributed by atoms with E-state index in [0.29, 0.717) is 29.2 Å². The summed E-state index contributed by atoms with van der Waals surface area (Å²) in [4.78, 5) is 23.3. The lowest BCUT2D eigenvalue weighted by Gasteiger charge is -2.13. The molecule has 3 aromatic carbocycles. The molecule has 4 nitrogen and oxygen atoms in total. The summed E-state index contributed by atoms with van der Waals surface area (Å²) in [6.45, 7) is -0.175. The third-order valence-corrected chi connectivity index (χ3v) is 4.70. The molecule has 0 saturated carbocycles. The van der Waals surface area contributed by atoms with E-state index >= 15 is 0 Å². The van der Waals surface area contributed by atoms with E-state index in [9.17, 15) is 31.5 Å². The molecule has 0 unspecified atom stereocenters.